The van der Waals surface area contributed by atoms with Crippen molar-refractivity contribution in [3.05, 3.63) is 0 Å². The van der Waals surface area contributed by atoms with Crippen LogP contribution in [0.5, 0.6) is 0 Å². The minimum atomic E-state index is -0.712. The Morgan fingerprint density at radius 3 is 2.73 bits per heavy atom. The van der Waals surface area contributed by atoms with Crippen molar-refractivity contribution in [2.45, 2.75) is 39.2 Å². The highest BCUT2D eigenvalue weighted by atomic mass is 16.4. The van der Waals surface area contributed by atoms with Crippen molar-refractivity contribution in [2.24, 2.45) is 0 Å². The highest BCUT2D eigenvalue weighted by Gasteiger charge is 1.98. The molecule has 0 saturated heterocycles. The van der Waals surface area contributed by atoms with E-state index in [4.69, 9.17) is 5.11 Å². The minimum absolute atomic E-state index is 0.267. The summed E-state index contributed by atoms with van der Waals surface area (Å²) in [6, 6.07) is 0.504. The second-order valence-corrected chi connectivity index (χ2v) is 2.76. The second kappa shape index (κ2) is 6.16. The monoisotopic (exact) mass is 159 g/mol. The standard InChI is InChI=1S/C8H17NO2/c1-3-7(2)9-6-4-5-8(10)11/h7,9H,3-6H2,1-2H3,(H,10,11). The van der Waals surface area contributed by atoms with Crippen molar-refractivity contribution in [1.82, 2.24) is 5.32 Å². The summed E-state index contributed by atoms with van der Waals surface area (Å²) in [5.41, 5.74) is 0. The van der Waals surface area contributed by atoms with Crippen LogP contribution in [0.25, 0.3) is 0 Å². The molecular weight excluding hydrogens is 142 g/mol. The molecule has 0 aromatic heterocycles. The zero-order chi connectivity index (χ0) is 8.69. The Hall–Kier alpha value is -0.570. The van der Waals surface area contributed by atoms with Crippen molar-refractivity contribution in [3.63, 3.8) is 0 Å². The lowest BCUT2D eigenvalue weighted by molar-refractivity contribution is -0.137. The number of carboxylic acid groups (broad SMARTS) is 1. The van der Waals surface area contributed by atoms with Crippen molar-refractivity contribution in [1.29, 1.82) is 0 Å². The van der Waals surface area contributed by atoms with Gasteiger partial charge >= 0.3 is 5.97 Å². The molecule has 0 aliphatic carbocycles. The molecular formula is C8H17NO2. The molecule has 0 saturated carbocycles. The van der Waals surface area contributed by atoms with Crippen molar-refractivity contribution < 1.29 is 9.90 Å². The van der Waals surface area contributed by atoms with Gasteiger partial charge in [-0.3, -0.25) is 4.79 Å². The fourth-order valence-corrected chi connectivity index (χ4v) is 0.732. The molecule has 0 spiro atoms. The summed E-state index contributed by atoms with van der Waals surface area (Å²) in [5.74, 6) is -0.712. The number of carbonyl (C=O) groups is 1. The van der Waals surface area contributed by atoms with Crippen LogP contribution in [-0.2, 0) is 4.79 Å². The molecule has 3 nitrogen and oxygen atoms in total. The van der Waals surface area contributed by atoms with Gasteiger partial charge < -0.3 is 10.4 Å². The van der Waals surface area contributed by atoms with Crippen LogP contribution in [0.3, 0.4) is 0 Å². The molecule has 0 rings (SSSR count). The van der Waals surface area contributed by atoms with E-state index < -0.39 is 5.97 Å². The van der Waals surface area contributed by atoms with Crippen LogP contribution in [0.2, 0.25) is 0 Å². The first kappa shape index (κ1) is 10.4. The van der Waals surface area contributed by atoms with E-state index in [0.717, 1.165) is 19.4 Å². The van der Waals surface area contributed by atoms with Crippen molar-refractivity contribution >= 4 is 5.97 Å². The molecule has 0 aliphatic heterocycles. The number of rotatable bonds is 6. The molecule has 1 atom stereocenters. The molecule has 0 fully saturated rings. The predicted molar refractivity (Wildman–Crippen MR) is 44.6 cm³/mol. The molecule has 2 N–H and O–H groups in total. The van der Waals surface area contributed by atoms with Crippen LogP contribution >= 0.6 is 0 Å². The van der Waals surface area contributed by atoms with Gasteiger partial charge in [0.05, 0.1) is 0 Å². The van der Waals surface area contributed by atoms with E-state index in [0.29, 0.717) is 6.04 Å². The third kappa shape index (κ3) is 7.33. The summed E-state index contributed by atoms with van der Waals surface area (Å²) in [4.78, 5) is 10.1. The summed E-state index contributed by atoms with van der Waals surface area (Å²) in [6.45, 7) is 5.01. The smallest absolute Gasteiger partial charge is 0.303 e. The molecule has 0 aliphatic rings. The van der Waals surface area contributed by atoms with E-state index in [9.17, 15) is 4.79 Å². The molecule has 66 valence electrons. The summed E-state index contributed by atoms with van der Waals surface area (Å²) in [7, 11) is 0. The lowest BCUT2D eigenvalue weighted by Crippen LogP contribution is -2.26. The molecule has 0 bridgehead atoms. The number of nitrogens with one attached hydrogen (secondary N) is 1. The minimum Gasteiger partial charge on any atom is -0.481 e. The van der Waals surface area contributed by atoms with Crippen molar-refractivity contribution in [2.75, 3.05) is 6.54 Å². The summed E-state index contributed by atoms with van der Waals surface area (Å²) in [5, 5.41) is 11.5. The normalized spacial score (nSPS) is 12.9. The Morgan fingerprint density at radius 2 is 2.27 bits per heavy atom. The average molecular weight is 159 g/mol. The molecule has 0 amide bonds. The Morgan fingerprint density at radius 1 is 1.64 bits per heavy atom. The number of hydrogen-bond acceptors (Lipinski definition) is 2. The zero-order valence-electron chi connectivity index (χ0n) is 7.26. The molecule has 0 aromatic rings. The Kier molecular flexibility index (Phi) is 5.84. The lowest BCUT2D eigenvalue weighted by Gasteiger charge is -2.09. The van der Waals surface area contributed by atoms with Gasteiger partial charge in [0.15, 0.2) is 0 Å². The van der Waals surface area contributed by atoms with Gasteiger partial charge in [-0.25, -0.2) is 0 Å². The highest BCUT2D eigenvalue weighted by Crippen LogP contribution is 1.90. The molecule has 0 aromatic carbocycles. The van der Waals surface area contributed by atoms with Crippen LogP contribution in [0.4, 0.5) is 0 Å². The Balaban J connectivity index is 3.08. The van der Waals surface area contributed by atoms with E-state index in [2.05, 4.69) is 19.2 Å². The maximum Gasteiger partial charge on any atom is 0.303 e. The zero-order valence-corrected chi connectivity index (χ0v) is 7.26. The van der Waals surface area contributed by atoms with E-state index in [-0.39, 0.29) is 6.42 Å². The van der Waals surface area contributed by atoms with Gasteiger partial charge in [0, 0.05) is 12.5 Å². The van der Waals surface area contributed by atoms with Crippen LogP contribution in [-0.4, -0.2) is 23.7 Å². The molecule has 1 unspecified atom stereocenters. The molecule has 11 heavy (non-hydrogen) atoms. The van der Waals surface area contributed by atoms with Gasteiger partial charge in [0.25, 0.3) is 0 Å². The number of carboxylic acids is 1. The largest absolute Gasteiger partial charge is 0.481 e. The summed E-state index contributed by atoms with van der Waals surface area (Å²) in [6.07, 6.45) is 2.08. The van der Waals surface area contributed by atoms with E-state index in [1.807, 2.05) is 0 Å². The van der Waals surface area contributed by atoms with E-state index in [1.165, 1.54) is 0 Å². The van der Waals surface area contributed by atoms with Gasteiger partial charge in [-0.15, -0.1) is 0 Å². The Bertz CT molecular complexity index is 115. The lowest BCUT2D eigenvalue weighted by atomic mass is 10.2. The first-order valence-electron chi connectivity index (χ1n) is 4.12. The van der Waals surface area contributed by atoms with Gasteiger partial charge in [0.2, 0.25) is 0 Å². The average Bonchev–Trinajstić information content (AvgIpc) is 1.97. The molecule has 0 radical (unpaired) electrons. The number of hydrogen-bond donors (Lipinski definition) is 2. The first-order chi connectivity index (χ1) is 5.16. The number of aliphatic carboxylic acids is 1. The van der Waals surface area contributed by atoms with E-state index >= 15 is 0 Å². The van der Waals surface area contributed by atoms with Crippen LogP contribution in [0, 0.1) is 0 Å². The van der Waals surface area contributed by atoms with Crippen LogP contribution in [0.15, 0.2) is 0 Å². The summed E-state index contributed by atoms with van der Waals surface area (Å²) < 4.78 is 0. The van der Waals surface area contributed by atoms with Crippen LogP contribution in [0.1, 0.15) is 33.1 Å². The maximum atomic E-state index is 10.1. The maximum absolute atomic E-state index is 10.1. The summed E-state index contributed by atoms with van der Waals surface area (Å²) >= 11 is 0. The van der Waals surface area contributed by atoms with E-state index in [1.54, 1.807) is 0 Å². The second-order valence-electron chi connectivity index (χ2n) is 2.76. The quantitative estimate of drug-likeness (QED) is 0.573. The third-order valence-electron chi connectivity index (χ3n) is 1.67. The molecule has 0 heterocycles. The highest BCUT2D eigenvalue weighted by molar-refractivity contribution is 5.66. The van der Waals surface area contributed by atoms with Gasteiger partial charge in [-0.05, 0) is 26.3 Å². The first-order valence-corrected chi connectivity index (χ1v) is 4.12. The topological polar surface area (TPSA) is 49.3 Å². The van der Waals surface area contributed by atoms with Crippen LogP contribution < -0.4 is 5.32 Å². The fourth-order valence-electron chi connectivity index (χ4n) is 0.732. The van der Waals surface area contributed by atoms with Gasteiger partial charge in [-0.2, -0.15) is 0 Å². The van der Waals surface area contributed by atoms with Crippen molar-refractivity contribution in [3.8, 4) is 0 Å². The third-order valence-corrected chi connectivity index (χ3v) is 1.67. The SMILES string of the molecule is CCC(C)NCCCC(=O)O. The Labute approximate surface area is 67.8 Å². The predicted octanol–water partition coefficient (Wildman–Crippen LogP) is 1.24. The molecule has 3 heteroatoms. The van der Waals surface area contributed by atoms with Gasteiger partial charge in [-0.1, -0.05) is 6.92 Å². The van der Waals surface area contributed by atoms with Gasteiger partial charge in [0.1, 0.15) is 0 Å². The fraction of sp³-hybridized carbons (Fsp3) is 0.875.